The average Bonchev–Trinajstić information content (AvgIpc) is 3.18. The van der Waals surface area contributed by atoms with Gasteiger partial charge in [-0.15, -0.1) is 0 Å². The second kappa shape index (κ2) is 4.94. The minimum atomic E-state index is -0.251. The van der Waals surface area contributed by atoms with E-state index in [1.165, 1.54) is 12.1 Å². The lowest BCUT2D eigenvalue weighted by Gasteiger charge is -2.05. The van der Waals surface area contributed by atoms with Crippen molar-refractivity contribution in [2.24, 2.45) is 5.92 Å². The minimum Gasteiger partial charge on any atom is -0.326 e. The van der Waals surface area contributed by atoms with Crippen LogP contribution in [0.3, 0.4) is 0 Å². The van der Waals surface area contributed by atoms with Crippen molar-refractivity contribution in [2.75, 3.05) is 5.32 Å². The highest BCUT2D eigenvalue weighted by atomic mass is 19.1. The number of rotatable bonds is 3. The molecule has 0 saturated heterocycles. The van der Waals surface area contributed by atoms with Gasteiger partial charge in [-0.1, -0.05) is 12.1 Å². The van der Waals surface area contributed by atoms with Crippen molar-refractivity contribution in [1.29, 1.82) is 0 Å². The average molecular weight is 295 g/mol. The Morgan fingerprint density at radius 2 is 2.05 bits per heavy atom. The number of aromatic nitrogens is 2. The van der Waals surface area contributed by atoms with Crippen LogP contribution < -0.4 is 5.32 Å². The van der Waals surface area contributed by atoms with Gasteiger partial charge < -0.3 is 5.32 Å². The molecule has 0 radical (unpaired) electrons. The summed E-state index contributed by atoms with van der Waals surface area (Å²) < 4.78 is 12.9. The topological polar surface area (TPSA) is 57.8 Å². The van der Waals surface area contributed by atoms with Crippen LogP contribution in [-0.4, -0.2) is 16.1 Å². The zero-order chi connectivity index (χ0) is 15.1. The number of nitrogens with zero attached hydrogens (tertiary/aromatic N) is 1. The SMILES string of the molecule is O=C(Nc1ccc2[nH]ncc2c1)C1CC1c1ccc(F)cc1. The van der Waals surface area contributed by atoms with E-state index in [4.69, 9.17) is 0 Å². The molecule has 3 aromatic rings. The fraction of sp³-hybridized carbons (Fsp3) is 0.176. The molecule has 0 spiro atoms. The van der Waals surface area contributed by atoms with E-state index in [2.05, 4.69) is 15.5 Å². The first kappa shape index (κ1) is 13.0. The zero-order valence-electron chi connectivity index (χ0n) is 11.7. The number of hydrogen-bond donors (Lipinski definition) is 2. The molecule has 1 aliphatic carbocycles. The lowest BCUT2D eigenvalue weighted by atomic mass is 10.1. The van der Waals surface area contributed by atoms with Gasteiger partial charge in [-0.3, -0.25) is 9.89 Å². The van der Waals surface area contributed by atoms with Crippen molar-refractivity contribution in [3.05, 3.63) is 60.0 Å². The monoisotopic (exact) mass is 295 g/mol. The number of fused-ring (bicyclic) bond motifs is 1. The Balaban J connectivity index is 1.45. The van der Waals surface area contributed by atoms with E-state index in [1.807, 2.05) is 18.2 Å². The lowest BCUT2D eigenvalue weighted by molar-refractivity contribution is -0.117. The highest BCUT2D eigenvalue weighted by Crippen LogP contribution is 2.48. The summed E-state index contributed by atoms with van der Waals surface area (Å²) in [7, 11) is 0. The standard InChI is InChI=1S/C17H14FN3O/c18-12-3-1-10(2-4-12)14-8-15(14)17(22)20-13-5-6-16-11(7-13)9-19-21-16/h1-7,9,14-15H,8H2,(H,19,21)(H,20,22). The molecule has 1 heterocycles. The van der Waals surface area contributed by atoms with E-state index in [-0.39, 0.29) is 23.6 Å². The van der Waals surface area contributed by atoms with Crippen molar-refractivity contribution in [3.63, 3.8) is 0 Å². The number of aromatic amines is 1. The molecule has 1 aromatic heterocycles. The molecular weight excluding hydrogens is 281 g/mol. The Bertz CT molecular complexity index is 840. The van der Waals surface area contributed by atoms with Crippen LogP contribution in [0.5, 0.6) is 0 Å². The predicted octanol–water partition coefficient (Wildman–Crippen LogP) is 3.44. The van der Waals surface area contributed by atoms with E-state index < -0.39 is 0 Å². The third-order valence-corrected chi connectivity index (χ3v) is 4.13. The molecule has 2 N–H and O–H groups in total. The van der Waals surface area contributed by atoms with E-state index in [0.29, 0.717) is 0 Å². The first-order valence-electron chi connectivity index (χ1n) is 7.20. The van der Waals surface area contributed by atoms with Gasteiger partial charge in [0.1, 0.15) is 5.82 Å². The fourth-order valence-corrected chi connectivity index (χ4v) is 2.82. The number of anilines is 1. The summed E-state index contributed by atoms with van der Waals surface area (Å²) in [5.41, 5.74) is 2.73. The largest absolute Gasteiger partial charge is 0.326 e. The molecule has 2 atom stereocenters. The molecule has 0 aliphatic heterocycles. The Kier molecular flexibility index (Phi) is 2.92. The molecule has 2 unspecified atom stereocenters. The molecule has 4 rings (SSSR count). The van der Waals surface area contributed by atoms with Gasteiger partial charge in [0.2, 0.25) is 5.91 Å². The summed E-state index contributed by atoms with van der Waals surface area (Å²) in [6, 6.07) is 12.0. The van der Waals surface area contributed by atoms with Gasteiger partial charge in [0.25, 0.3) is 0 Å². The lowest BCUT2D eigenvalue weighted by Crippen LogP contribution is -2.14. The van der Waals surface area contributed by atoms with Gasteiger partial charge >= 0.3 is 0 Å². The molecule has 22 heavy (non-hydrogen) atoms. The molecule has 110 valence electrons. The van der Waals surface area contributed by atoms with E-state index in [0.717, 1.165) is 28.6 Å². The van der Waals surface area contributed by atoms with Gasteiger partial charge in [0.05, 0.1) is 11.7 Å². The molecular formula is C17H14FN3O. The highest BCUT2D eigenvalue weighted by Gasteiger charge is 2.43. The number of H-pyrrole nitrogens is 1. The van der Waals surface area contributed by atoms with Gasteiger partial charge in [-0.05, 0) is 48.2 Å². The number of nitrogens with one attached hydrogen (secondary N) is 2. The minimum absolute atomic E-state index is 0.0113. The van der Waals surface area contributed by atoms with Gasteiger partial charge in [0.15, 0.2) is 0 Å². The second-order valence-electron chi connectivity index (χ2n) is 5.66. The van der Waals surface area contributed by atoms with Crippen LogP contribution in [0, 0.1) is 11.7 Å². The third kappa shape index (κ3) is 2.35. The van der Waals surface area contributed by atoms with Crippen LogP contribution in [0.1, 0.15) is 17.9 Å². The third-order valence-electron chi connectivity index (χ3n) is 4.13. The van der Waals surface area contributed by atoms with Crippen molar-refractivity contribution in [3.8, 4) is 0 Å². The molecule has 1 saturated carbocycles. The van der Waals surface area contributed by atoms with Crippen LogP contribution in [0.25, 0.3) is 10.9 Å². The van der Waals surface area contributed by atoms with Crippen molar-refractivity contribution in [2.45, 2.75) is 12.3 Å². The molecule has 1 amide bonds. The number of amides is 1. The molecule has 4 nitrogen and oxygen atoms in total. The van der Waals surface area contributed by atoms with E-state index in [1.54, 1.807) is 18.3 Å². The van der Waals surface area contributed by atoms with Crippen LogP contribution in [-0.2, 0) is 4.79 Å². The summed E-state index contributed by atoms with van der Waals surface area (Å²) in [4.78, 5) is 12.3. The van der Waals surface area contributed by atoms with E-state index in [9.17, 15) is 9.18 Å². The molecule has 5 heteroatoms. The molecule has 0 bridgehead atoms. The Hall–Kier alpha value is -2.69. The maximum Gasteiger partial charge on any atom is 0.228 e. The molecule has 1 aliphatic rings. The van der Waals surface area contributed by atoms with Crippen LogP contribution in [0.4, 0.5) is 10.1 Å². The maximum absolute atomic E-state index is 12.9. The van der Waals surface area contributed by atoms with Crippen molar-refractivity contribution in [1.82, 2.24) is 10.2 Å². The second-order valence-corrected chi connectivity index (χ2v) is 5.66. The highest BCUT2D eigenvalue weighted by molar-refractivity contribution is 5.97. The normalized spacial score (nSPS) is 20.0. The summed E-state index contributed by atoms with van der Waals surface area (Å²) in [6.45, 7) is 0. The van der Waals surface area contributed by atoms with Crippen LogP contribution >= 0.6 is 0 Å². The number of halogens is 1. The Morgan fingerprint density at radius 3 is 2.86 bits per heavy atom. The van der Waals surface area contributed by atoms with Gasteiger partial charge in [-0.25, -0.2) is 4.39 Å². The number of carbonyl (C=O) groups is 1. The van der Waals surface area contributed by atoms with Crippen molar-refractivity contribution >= 4 is 22.5 Å². The molecule has 1 fully saturated rings. The smallest absolute Gasteiger partial charge is 0.228 e. The molecule has 2 aromatic carbocycles. The maximum atomic E-state index is 12.9. The summed E-state index contributed by atoms with van der Waals surface area (Å²) in [6.07, 6.45) is 2.54. The number of hydrogen-bond acceptors (Lipinski definition) is 2. The summed E-state index contributed by atoms with van der Waals surface area (Å²) in [5, 5.41) is 10.7. The van der Waals surface area contributed by atoms with Gasteiger partial charge in [0, 0.05) is 17.0 Å². The first-order chi connectivity index (χ1) is 10.7. The zero-order valence-corrected chi connectivity index (χ0v) is 11.7. The number of benzene rings is 2. The van der Waals surface area contributed by atoms with Crippen LogP contribution in [0.2, 0.25) is 0 Å². The summed E-state index contributed by atoms with van der Waals surface area (Å²) >= 11 is 0. The quantitative estimate of drug-likeness (QED) is 0.777. The van der Waals surface area contributed by atoms with Crippen molar-refractivity contribution < 1.29 is 9.18 Å². The Labute approximate surface area is 126 Å². The number of carbonyl (C=O) groups excluding carboxylic acids is 1. The van der Waals surface area contributed by atoms with Gasteiger partial charge in [-0.2, -0.15) is 5.10 Å². The first-order valence-corrected chi connectivity index (χ1v) is 7.20. The fourth-order valence-electron chi connectivity index (χ4n) is 2.82. The van der Waals surface area contributed by atoms with E-state index >= 15 is 0 Å². The Morgan fingerprint density at radius 1 is 1.23 bits per heavy atom. The van der Waals surface area contributed by atoms with Crippen LogP contribution in [0.15, 0.2) is 48.7 Å². The predicted molar refractivity (Wildman–Crippen MR) is 82.0 cm³/mol. The summed E-state index contributed by atoms with van der Waals surface area (Å²) in [5.74, 6) is -0.0836.